The largest absolute Gasteiger partial charge is 0.493 e. The van der Waals surface area contributed by atoms with Crippen LogP contribution < -0.4 is 9.47 Å². The van der Waals surface area contributed by atoms with E-state index in [1.165, 1.54) is 14.2 Å². The first-order valence-corrected chi connectivity index (χ1v) is 6.31. The predicted octanol–water partition coefficient (Wildman–Crippen LogP) is 2.28. The van der Waals surface area contributed by atoms with Crippen LogP contribution in [0.5, 0.6) is 11.5 Å². The molecule has 0 fully saturated rings. The molecule has 1 aromatic rings. The van der Waals surface area contributed by atoms with Crippen molar-refractivity contribution in [3.05, 3.63) is 29.8 Å². The van der Waals surface area contributed by atoms with Gasteiger partial charge in [0.05, 0.1) is 26.4 Å². The van der Waals surface area contributed by atoms with E-state index < -0.39 is 5.97 Å². The van der Waals surface area contributed by atoms with Crippen molar-refractivity contribution in [2.75, 3.05) is 27.4 Å². The molecular formula is C15H20O5. The molecule has 0 aliphatic rings. The predicted molar refractivity (Wildman–Crippen MR) is 76.2 cm³/mol. The number of esters is 1. The molecule has 0 unspecified atom stereocenters. The van der Waals surface area contributed by atoms with Crippen LogP contribution in [0, 0.1) is 0 Å². The Morgan fingerprint density at radius 2 is 2.05 bits per heavy atom. The Morgan fingerprint density at radius 1 is 1.35 bits per heavy atom. The highest BCUT2D eigenvalue weighted by atomic mass is 16.5. The van der Waals surface area contributed by atoms with E-state index in [4.69, 9.17) is 19.3 Å². The number of ether oxygens (including phenoxy) is 3. The topological polar surface area (TPSA) is 65.0 Å². The Balaban J connectivity index is 3.40. The van der Waals surface area contributed by atoms with Gasteiger partial charge in [0.1, 0.15) is 0 Å². The lowest BCUT2D eigenvalue weighted by Gasteiger charge is -2.17. The Kier molecular flexibility index (Phi) is 6.06. The average molecular weight is 280 g/mol. The maximum absolute atomic E-state index is 11.7. The highest BCUT2D eigenvalue weighted by molar-refractivity contribution is 5.92. The first-order valence-electron chi connectivity index (χ1n) is 6.31. The van der Waals surface area contributed by atoms with Crippen LogP contribution in [-0.4, -0.2) is 38.5 Å². The number of aliphatic hydroxyl groups is 1. The fraction of sp³-hybridized carbons (Fsp3) is 0.400. The summed E-state index contributed by atoms with van der Waals surface area (Å²) in [5.74, 6) is 0.481. The molecule has 0 heterocycles. The van der Waals surface area contributed by atoms with E-state index >= 15 is 0 Å². The molecule has 5 nitrogen and oxygen atoms in total. The fourth-order valence-corrected chi connectivity index (χ4v) is 1.82. The third-order valence-electron chi connectivity index (χ3n) is 2.78. The standard InChI is InChI=1S/C15H20O5/c1-5-20-14-12(10(2)6-7-16)8-11(15(17)19-4)9-13(14)18-3/h8-9,16H,2,5-7H2,1,3-4H3. The van der Waals surface area contributed by atoms with E-state index in [-0.39, 0.29) is 6.61 Å². The second-order valence-corrected chi connectivity index (χ2v) is 4.06. The molecule has 0 radical (unpaired) electrons. The van der Waals surface area contributed by atoms with Gasteiger partial charge < -0.3 is 19.3 Å². The number of carbonyl (C=O) groups is 1. The number of carbonyl (C=O) groups excluding carboxylic acids is 1. The molecule has 0 amide bonds. The maximum Gasteiger partial charge on any atom is 0.338 e. The minimum absolute atomic E-state index is 0.0326. The smallest absolute Gasteiger partial charge is 0.338 e. The number of methoxy groups -OCH3 is 2. The molecule has 0 saturated carbocycles. The SMILES string of the molecule is C=C(CCO)c1cc(C(=O)OC)cc(OC)c1OCC. The Labute approximate surface area is 118 Å². The third-order valence-corrected chi connectivity index (χ3v) is 2.78. The van der Waals surface area contributed by atoms with Gasteiger partial charge in [-0.2, -0.15) is 0 Å². The summed E-state index contributed by atoms with van der Waals surface area (Å²) in [6.07, 6.45) is 0.383. The van der Waals surface area contributed by atoms with Gasteiger partial charge in [0.15, 0.2) is 11.5 Å². The molecule has 0 bridgehead atoms. The molecule has 0 aliphatic carbocycles. The number of hydrogen-bond acceptors (Lipinski definition) is 5. The number of aliphatic hydroxyl groups excluding tert-OH is 1. The van der Waals surface area contributed by atoms with E-state index in [1.54, 1.807) is 12.1 Å². The van der Waals surface area contributed by atoms with Crippen molar-refractivity contribution >= 4 is 11.5 Å². The molecule has 110 valence electrons. The van der Waals surface area contributed by atoms with Gasteiger partial charge in [-0.1, -0.05) is 6.58 Å². The lowest BCUT2D eigenvalue weighted by atomic mass is 10.00. The summed E-state index contributed by atoms with van der Waals surface area (Å²) in [4.78, 5) is 11.7. The second-order valence-electron chi connectivity index (χ2n) is 4.06. The molecule has 20 heavy (non-hydrogen) atoms. The van der Waals surface area contributed by atoms with Crippen molar-refractivity contribution in [1.29, 1.82) is 0 Å². The lowest BCUT2D eigenvalue weighted by Crippen LogP contribution is -2.06. The monoisotopic (exact) mass is 280 g/mol. The van der Waals surface area contributed by atoms with Crippen molar-refractivity contribution in [3.63, 3.8) is 0 Å². The van der Waals surface area contributed by atoms with Gasteiger partial charge in [0.25, 0.3) is 0 Å². The van der Waals surface area contributed by atoms with Gasteiger partial charge in [-0.3, -0.25) is 0 Å². The Hall–Kier alpha value is -2.01. The summed E-state index contributed by atoms with van der Waals surface area (Å²) in [5.41, 5.74) is 1.66. The minimum Gasteiger partial charge on any atom is -0.493 e. The van der Waals surface area contributed by atoms with Gasteiger partial charge in [0, 0.05) is 12.2 Å². The minimum atomic E-state index is -0.468. The zero-order chi connectivity index (χ0) is 15.1. The van der Waals surface area contributed by atoms with Crippen LogP contribution in [0.2, 0.25) is 0 Å². The van der Waals surface area contributed by atoms with Crippen LogP contribution in [0.3, 0.4) is 0 Å². The summed E-state index contributed by atoms with van der Waals surface area (Å²) < 4.78 is 15.6. The summed E-state index contributed by atoms with van der Waals surface area (Å²) in [6, 6.07) is 3.20. The van der Waals surface area contributed by atoms with Crippen LogP contribution in [0.25, 0.3) is 5.57 Å². The van der Waals surface area contributed by atoms with E-state index in [2.05, 4.69) is 6.58 Å². The summed E-state index contributed by atoms with van der Waals surface area (Å²) >= 11 is 0. The van der Waals surface area contributed by atoms with Crippen molar-refractivity contribution < 1.29 is 24.1 Å². The molecule has 1 aromatic carbocycles. The first kappa shape index (κ1) is 16.0. The molecule has 1 rings (SSSR count). The van der Waals surface area contributed by atoms with E-state index in [0.717, 1.165) is 0 Å². The second kappa shape index (κ2) is 7.55. The van der Waals surface area contributed by atoms with Crippen LogP contribution >= 0.6 is 0 Å². The van der Waals surface area contributed by atoms with E-state index in [1.807, 2.05) is 6.92 Å². The zero-order valence-electron chi connectivity index (χ0n) is 12.1. The molecule has 0 aromatic heterocycles. The van der Waals surface area contributed by atoms with E-state index in [0.29, 0.717) is 41.2 Å². The van der Waals surface area contributed by atoms with Crippen molar-refractivity contribution in [1.82, 2.24) is 0 Å². The molecule has 5 heteroatoms. The maximum atomic E-state index is 11.7. The molecule has 0 saturated heterocycles. The third kappa shape index (κ3) is 3.51. The molecule has 0 spiro atoms. The highest BCUT2D eigenvalue weighted by Crippen LogP contribution is 2.37. The molecule has 0 atom stereocenters. The molecular weight excluding hydrogens is 260 g/mol. The van der Waals surface area contributed by atoms with Gasteiger partial charge >= 0.3 is 5.97 Å². The quantitative estimate of drug-likeness (QED) is 0.776. The number of hydrogen-bond donors (Lipinski definition) is 1. The van der Waals surface area contributed by atoms with Gasteiger partial charge in [-0.05, 0) is 31.1 Å². The number of benzene rings is 1. The van der Waals surface area contributed by atoms with Crippen molar-refractivity contribution in [3.8, 4) is 11.5 Å². The van der Waals surface area contributed by atoms with Crippen molar-refractivity contribution in [2.45, 2.75) is 13.3 Å². The zero-order valence-corrected chi connectivity index (χ0v) is 12.1. The van der Waals surface area contributed by atoms with Crippen LogP contribution in [0.4, 0.5) is 0 Å². The van der Waals surface area contributed by atoms with Gasteiger partial charge in [-0.15, -0.1) is 0 Å². The first-order chi connectivity index (χ1) is 9.58. The summed E-state index contributed by atoms with van der Waals surface area (Å²) in [7, 11) is 2.81. The lowest BCUT2D eigenvalue weighted by molar-refractivity contribution is 0.0600. The normalized spacial score (nSPS) is 10.0. The molecule has 1 N–H and O–H groups in total. The molecule has 0 aliphatic heterocycles. The summed E-state index contributed by atoms with van der Waals surface area (Å²) in [5, 5.41) is 9.05. The number of rotatable bonds is 7. The van der Waals surface area contributed by atoms with Crippen molar-refractivity contribution in [2.24, 2.45) is 0 Å². The van der Waals surface area contributed by atoms with E-state index in [9.17, 15) is 4.79 Å². The Morgan fingerprint density at radius 3 is 2.55 bits per heavy atom. The fourth-order valence-electron chi connectivity index (χ4n) is 1.82. The van der Waals surface area contributed by atoms with Crippen LogP contribution in [0.1, 0.15) is 29.3 Å². The van der Waals surface area contributed by atoms with Gasteiger partial charge in [0.2, 0.25) is 0 Å². The van der Waals surface area contributed by atoms with Crippen LogP contribution in [0.15, 0.2) is 18.7 Å². The highest BCUT2D eigenvalue weighted by Gasteiger charge is 2.18. The Bertz CT molecular complexity index is 493. The van der Waals surface area contributed by atoms with Crippen LogP contribution in [-0.2, 0) is 4.74 Å². The van der Waals surface area contributed by atoms with Gasteiger partial charge in [-0.25, -0.2) is 4.79 Å². The summed E-state index contributed by atoms with van der Waals surface area (Å²) in [6.45, 7) is 6.18. The average Bonchev–Trinajstić information content (AvgIpc) is 2.46.